The van der Waals surface area contributed by atoms with Crippen LogP contribution in [0, 0.1) is 5.92 Å². The van der Waals surface area contributed by atoms with Gasteiger partial charge >= 0.3 is 6.09 Å². The Morgan fingerprint density at radius 3 is 2.79 bits per heavy atom. The molecule has 0 saturated carbocycles. The molecule has 152 valence electrons. The van der Waals surface area contributed by atoms with E-state index in [0.29, 0.717) is 5.92 Å². The van der Waals surface area contributed by atoms with Gasteiger partial charge in [0, 0.05) is 18.8 Å². The Kier molecular flexibility index (Phi) is 5.45. The van der Waals surface area contributed by atoms with E-state index in [1.807, 2.05) is 62.0 Å². The minimum atomic E-state index is -0.463. The minimum Gasteiger partial charge on any atom is -0.444 e. The Balaban J connectivity index is 1.42. The van der Waals surface area contributed by atoms with Gasteiger partial charge in [0.25, 0.3) is 0 Å². The van der Waals surface area contributed by atoms with E-state index in [-0.39, 0.29) is 6.09 Å². The van der Waals surface area contributed by atoms with E-state index in [2.05, 4.69) is 15.1 Å². The zero-order chi connectivity index (χ0) is 20.4. The number of carbonyl (C=O) groups is 1. The van der Waals surface area contributed by atoms with Crippen molar-refractivity contribution in [3.63, 3.8) is 0 Å². The average molecular weight is 412 g/mol. The molecule has 1 amide bonds. The summed E-state index contributed by atoms with van der Waals surface area (Å²) in [7, 11) is 0. The van der Waals surface area contributed by atoms with Gasteiger partial charge < -0.3 is 9.64 Å². The molecule has 0 spiro atoms. The monoisotopic (exact) mass is 411 g/mol. The quantitative estimate of drug-likeness (QED) is 0.474. The van der Waals surface area contributed by atoms with Crippen molar-refractivity contribution in [1.29, 1.82) is 0 Å². The molecule has 1 unspecified atom stereocenters. The number of hydrogen-bond donors (Lipinski definition) is 0. The van der Waals surface area contributed by atoms with Gasteiger partial charge in [-0.25, -0.2) is 19.4 Å². The van der Waals surface area contributed by atoms with Gasteiger partial charge in [0.2, 0.25) is 0 Å². The third-order valence-electron chi connectivity index (χ3n) is 4.72. The van der Waals surface area contributed by atoms with E-state index in [1.54, 1.807) is 23.0 Å². The normalized spacial score (nSPS) is 17.1. The molecule has 7 nitrogen and oxygen atoms in total. The Morgan fingerprint density at radius 1 is 1.24 bits per heavy atom. The lowest BCUT2D eigenvalue weighted by atomic mass is 10.2. The molecule has 1 saturated heterocycles. The van der Waals surface area contributed by atoms with Crippen LogP contribution in [0.2, 0.25) is 0 Å². The molecule has 8 heteroatoms. The van der Waals surface area contributed by atoms with Crippen molar-refractivity contribution in [3.8, 4) is 5.69 Å². The van der Waals surface area contributed by atoms with Crippen LogP contribution in [0.3, 0.4) is 0 Å². The number of para-hydroxylation sites is 1. The predicted molar refractivity (Wildman–Crippen MR) is 113 cm³/mol. The van der Waals surface area contributed by atoms with Crippen molar-refractivity contribution in [2.24, 2.45) is 5.92 Å². The van der Waals surface area contributed by atoms with Crippen molar-refractivity contribution >= 4 is 28.9 Å². The number of nitrogens with zero attached hydrogens (tertiary/aromatic N) is 5. The first-order valence-electron chi connectivity index (χ1n) is 9.75. The first-order chi connectivity index (χ1) is 13.9. The van der Waals surface area contributed by atoms with Crippen molar-refractivity contribution < 1.29 is 9.53 Å². The number of thioether (sulfide) groups is 1. The molecule has 1 fully saturated rings. The summed E-state index contributed by atoms with van der Waals surface area (Å²) < 4.78 is 7.32. The molecule has 1 aromatic carbocycles. The lowest BCUT2D eigenvalue weighted by Crippen LogP contribution is -2.35. The number of fused-ring (bicyclic) bond motifs is 1. The fourth-order valence-corrected chi connectivity index (χ4v) is 4.44. The number of benzene rings is 1. The molecule has 4 rings (SSSR count). The van der Waals surface area contributed by atoms with Crippen LogP contribution in [-0.2, 0) is 4.74 Å². The number of ether oxygens (including phenoxy) is 1. The number of amides is 1. The van der Waals surface area contributed by atoms with E-state index < -0.39 is 5.60 Å². The van der Waals surface area contributed by atoms with Crippen molar-refractivity contribution in [1.82, 2.24) is 24.6 Å². The van der Waals surface area contributed by atoms with Crippen LogP contribution in [0.4, 0.5) is 4.79 Å². The van der Waals surface area contributed by atoms with E-state index in [0.717, 1.165) is 47.0 Å². The molecule has 0 bridgehead atoms. The molecule has 0 N–H and O–H groups in total. The van der Waals surface area contributed by atoms with Crippen LogP contribution < -0.4 is 0 Å². The van der Waals surface area contributed by atoms with Gasteiger partial charge in [-0.1, -0.05) is 18.2 Å². The molecule has 1 aliphatic rings. The molecule has 0 radical (unpaired) electrons. The number of rotatable bonds is 4. The summed E-state index contributed by atoms with van der Waals surface area (Å²) in [5.74, 6) is 1.31. The summed E-state index contributed by atoms with van der Waals surface area (Å²) in [6.45, 7) is 7.14. The highest BCUT2D eigenvalue weighted by Crippen LogP contribution is 2.30. The van der Waals surface area contributed by atoms with Crippen LogP contribution in [-0.4, -0.2) is 55.2 Å². The van der Waals surface area contributed by atoms with Gasteiger partial charge in [-0.05, 0) is 45.2 Å². The second kappa shape index (κ2) is 8.02. The molecular formula is C21H25N5O2S. The van der Waals surface area contributed by atoms with Gasteiger partial charge in [-0.2, -0.15) is 5.10 Å². The molecule has 1 aliphatic heterocycles. The van der Waals surface area contributed by atoms with Crippen molar-refractivity contribution in [2.75, 3.05) is 18.8 Å². The Bertz CT molecular complexity index is 999. The van der Waals surface area contributed by atoms with Crippen LogP contribution in [0.15, 0.2) is 47.9 Å². The van der Waals surface area contributed by atoms with Crippen LogP contribution >= 0.6 is 11.8 Å². The Labute approximate surface area is 174 Å². The van der Waals surface area contributed by atoms with E-state index >= 15 is 0 Å². The fourth-order valence-electron chi connectivity index (χ4n) is 3.35. The zero-order valence-corrected chi connectivity index (χ0v) is 17.7. The summed E-state index contributed by atoms with van der Waals surface area (Å²) in [5, 5.41) is 6.38. The number of hydrogen-bond acceptors (Lipinski definition) is 6. The van der Waals surface area contributed by atoms with Crippen molar-refractivity contribution in [3.05, 3.63) is 42.9 Å². The Hall–Kier alpha value is -2.61. The maximum absolute atomic E-state index is 12.3. The number of aromatic nitrogens is 4. The maximum atomic E-state index is 12.3. The standard InChI is InChI=1S/C21H25N5O2S/c1-21(2,3)28-20(27)25-10-9-15(12-25)13-29-19-17-11-24-26(18(17)22-14-23-19)16-7-5-4-6-8-16/h4-8,11,14-15H,9-10,12-13H2,1-3H3. The minimum absolute atomic E-state index is 0.224. The highest BCUT2D eigenvalue weighted by atomic mass is 32.2. The number of likely N-dealkylation sites (tertiary alicyclic amines) is 1. The van der Waals surface area contributed by atoms with Crippen LogP contribution in [0.1, 0.15) is 27.2 Å². The summed E-state index contributed by atoms with van der Waals surface area (Å²) in [5.41, 5.74) is 1.31. The third kappa shape index (κ3) is 4.53. The molecule has 3 aromatic rings. The van der Waals surface area contributed by atoms with E-state index in [1.165, 1.54) is 0 Å². The summed E-state index contributed by atoms with van der Waals surface area (Å²) in [4.78, 5) is 23.0. The zero-order valence-electron chi connectivity index (χ0n) is 16.9. The van der Waals surface area contributed by atoms with E-state index in [4.69, 9.17) is 4.74 Å². The van der Waals surface area contributed by atoms with Crippen LogP contribution in [0.25, 0.3) is 16.7 Å². The molecule has 0 aliphatic carbocycles. The molecule has 3 heterocycles. The smallest absolute Gasteiger partial charge is 0.410 e. The summed E-state index contributed by atoms with van der Waals surface area (Å²) in [6, 6.07) is 9.95. The molecule has 2 aromatic heterocycles. The Morgan fingerprint density at radius 2 is 2.03 bits per heavy atom. The predicted octanol–water partition coefficient (Wildman–Crippen LogP) is 4.16. The molecular weight excluding hydrogens is 386 g/mol. The van der Waals surface area contributed by atoms with E-state index in [9.17, 15) is 4.79 Å². The SMILES string of the molecule is CC(C)(C)OC(=O)N1CCC(CSc2ncnc3c2cnn3-c2ccccc2)C1. The number of carbonyl (C=O) groups excluding carboxylic acids is 1. The lowest BCUT2D eigenvalue weighted by molar-refractivity contribution is 0.0289. The summed E-state index contributed by atoms with van der Waals surface area (Å²) >= 11 is 1.70. The van der Waals surface area contributed by atoms with Gasteiger partial charge in [0.05, 0.1) is 17.3 Å². The highest BCUT2D eigenvalue weighted by Gasteiger charge is 2.30. The topological polar surface area (TPSA) is 73.1 Å². The third-order valence-corrected chi connectivity index (χ3v) is 5.96. The lowest BCUT2D eigenvalue weighted by Gasteiger charge is -2.24. The van der Waals surface area contributed by atoms with Gasteiger partial charge in [0.15, 0.2) is 5.65 Å². The highest BCUT2D eigenvalue weighted by molar-refractivity contribution is 7.99. The second-order valence-corrected chi connectivity index (χ2v) is 9.21. The first kappa shape index (κ1) is 19.7. The van der Waals surface area contributed by atoms with Gasteiger partial charge in [0.1, 0.15) is 17.0 Å². The molecule has 1 atom stereocenters. The summed E-state index contributed by atoms with van der Waals surface area (Å²) in [6.07, 6.45) is 4.17. The maximum Gasteiger partial charge on any atom is 0.410 e. The van der Waals surface area contributed by atoms with Gasteiger partial charge in [-0.3, -0.25) is 0 Å². The van der Waals surface area contributed by atoms with Crippen molar-refractivity contribution in [2.45, 2.75) is 37.8 Å². The van der Waals surface area contributed by atoms with Crippen LogP contribution in [0.5, 0.6) is 0 Å². The second-order valence-electron chi connectivity index (χ2n) is 8.20. The first-order valence-corrected chi connectivity index (χ1v) is 10.7. The largest absolute Gasteiger partial charge is 0.444 e. The fraction of sp³-hybridized carbons (Fsp3) is 0.429. The van der Waals surface area contributed by atoms with Gasteiger partial charge in [-0.15, -0.1) is 11.8 Å². The average Bonchev–Trinajstić information content (AvgIpc) is 3.33. The molecule has 29 heavy (non-hydrogen) atoms.